The first-order valence-electron chi connectivity index (χ1n) is 10.1. The Kier molecular flexibility index (Phi) is 6.34. The maximum absolute atomic E-state index is 12.8. The van der Waals surface area contributed by atoms with Gasteiger partial charge in [0.05, 0.1) is 5.69 Å². The van der Waals surface area contributed by atoms with Crippen molar-refractivity contribution in [2.45, 2.75) is 6.92 Å². The molecule has 0 bridgehead atoms. The van der Waals surface area contributed by atoms with Gasteiger partial charge >= 0.3 is 0 Å². The third kappa shape index (κ3) is 4.56. The number of aryl methyl sites for hydroxylation is 1. The summed E-state index contributed by atoms with van der Waals surface area (Å²) in [5.41, 5.74) is 5.40. The Morgan fingerprint density at radius 2 is 1.66 bits per heavy atom. The maximum Gasteiger partial charge on any atom is 0.266 e. The highest BCUT2D eigenvalue weighted by atomic mass is 79.9. The molecule has 0 aliphatic heterocycles. The van der Waals surface area contributed by atoms with Crippen LogP contribution in [0.15, 0.2) is 101 Å². The zero-order valence-electron chi connectivity index (χ0n) is 17.4. The lowest BCUT2D eigenvalue weighted by Crippen LogP contribution is -2.13. The molecule has 1 amide bonds. The number of aromatic nitrogens is 1. The molecule has 156 valence electrons. The van der Waals surface area contributed by atoms with Gasteiger partial charge in [0.1, 0.15) is 11.6 Å². The Hall–Kier alpha value is -3.88. The van der Waals surface area contributed by atoms with E-state index in [1.807, 2.05) is 85.8 Å². The predicted octanol–water partition coefficient (Wildman–Crippen LogP) is 6.76. The van der Waals surface area contributed by atoms with Gasteiger partial charge in [-0.05, 0) is 55.0 Å². The Morgan fingerprint density at radius 1 is 0.969 bits per heavy atom. The van der Waals surface area contributed by atoms with E-state index in [0.717, 1.165) is 32.7 Å². The number of nitrogens with zero attached hydrogens (tertiary/aromatic N) is 2. The highest BCUT2D eigenvalue weighted by Crippen LogP contribution is 2.32. The van der Waals surface area contributed by atoms with Crippen molar-refractivity contribution in [3.8, 4) is 23.0 Å². The average molecular weight is 482 g/mol. The zero-order valence-corrected chi connectivity index (χ0v) is 19.0. The molecule has 1 aromatic heterocycles. The second-order valence-electron chi connectivity index (χ2n) is 7.26. The van der Waals surface area contributed by atoms with Crippen LogP contribution in [0.5, 0.6) is 0 Å². The van der Waals surface area contributed by atoms with Gasteiger partial charge in [-0.15, -0.1) is 0 Å². The van der Waals surface area contributed by atoms with Crippen molar-refractivity contribution in [1.29, 1.82) is 5.26 Å². The number of amides is 1. The molecule has 0 spiro atoms. The van der Waals surface area contributed by atoms with Gasteiger partial charge in [-0.3, -0.25) is 4.79 Å². The van der Waals surface area contributed by atoms with Gasteiger partial charge in [0.2, 0.25) is 0 Å². The highest BCUT2D eigenvalue weighted by Gasteiger charge is 2.17. The lowest BCUT2D eigenvalue weighted by atomic mass is 10.0. The molecule has 0 radical (unpaired) electrons. The summed E-state index contributed by atoms with van der Waals surface area (Å²) in [5.74, 6) is -0.449. The molecule has 3 aromatic carbocycles. The molecule has 4 aromatic rings. The largest absolute Gasteiger partial charge is 0.321 e. The first-order chi connectivity index (χ1) is 15.6. The molecule has 1 heterocycles. The molecule has 0 saturated carbocycles. The number of carbonyl (C=O) groups is 1. The number of hydrogen-bond donors (Lipinski definition) is 1. The summed E-state index contributed by atoms with van der Waals surface area (Å²) in [4.78, 5) is 12.8. The first kappa shape index (κ1) is 21.4. The second-order valence-corrected chi connectivity index (χ2v) is 8.18. The molecule has 1 N–H and O–H groups in total. The van der Waals surface area contributed by atoms with Crippen LogP contribution in [-0.4, -0.2) is 10.5 Å². The standard InChI is InChI=1S/C27H20BrN3O/c1-19-15-21(16-22(18-29)27(32)30-24-12-8-11-23(28)17-24)26(20-9-4-2-5-10-20)31(19)25-13-6-3-7-14-25/h2-17H,1H3,(H,30,32)/b22-16-. The van der Waals surface area contributed by atoms with Gasteiger partial charge < -0.3 is 9.88 Å². The van der Waals surface area contributed by atoms with Crippen LogP contribution < -0.4 is 5.32 Å². The minimum absolute atomic E-state index is 0.0346. The third-order valence-electron chi connectivity index (χ3n) is 5.02. The Balaban J connectivity index is 1.81. The van der Waals surface area contributed by atoms with Crippen molar-refractivity contribution in [2.75, 3.05) is 5.32 Å². The lowest BCUT2D eigenvalue weighted by Gasteiger charge is -2.13. The Labute approximate surface area is 195 Å². The van der Waals surface area contributed by atoms with Crippen molar-refractivity contribution in [2.24, 2.45) is 0 Å². The topological polar surface area (TPSA) is 57.8 Å². The first-order valence-corrected chi connectivity index (χ1v) is 10.9. The van der Waals surface area contributed by atoms with Crippen LogP contribution in [0.4, 0.5) is 5.69 Å². The van der Waals surface area contributed by atoms with Crippen LogP contribution >= 0.6 is 15.9 Å². The number of benzene rings is 3. The summed E-state index contributed by atoms with van der Waals surface area (Å²) in [7, 11) is 0. The van der Waals surface area contributed by atoms with Gasteiger partial charge in [-0.1, -0.05) is 70.5 Å². The van der Waals surface area contributed by atoms with E-state index in [4.69, 9.17) is 0 Å². The van der Waals surface area contributed by atoms with Gasteiger partial charge in [0, 0.05) is 27.1 Å². The van der Waals surface area contributed by atoms with E-state index in [1.54, 1.807) is 18.2 Å². The van der Waals surface area contributed by atoms with Crippen LogP contribution in [0.25, 0.3) is 23.0 Å². The molecule has 4 nitrogen and oxygen atoms in total. The van der Waals surface area contributed by atoms with Crippen molar-refractivity contribution in [1.82, 2.24) is 4.57 Å². The summed E-state index contributed by atoms with van der Waals surface area (Å²) in [6.07, 6.45) is 1.65. The van der Waals surface area contributed by atoms with E-state index in [0.29, 0.717) is 5.69 Å². The third-order valence-corrected chi connectivity index (χ3v) is 5.52. The Morgan fingerprint density at radius 3 is 2.31 bits per heavy atom. The van der Waals surface area contributed by atoms with E-state index in [2.05, 4.69) is 31.9 Å². The summed E-state index contributed by atoms with van der Waals surface area (Å²) in [5, 5.41) is 12.5. The monoisotopic (exact) mass is 481 g/mol. The van der Waals surface area contributed by atoms with Crippen LogP contribution in [0, 0.1) is 18.3 Å². The van der Waals surface area contributed by atoms with Crippen molar-refractivity contribution in [3.63, 3.8) is 0 Å². The maximum atomic E-state index is 12.8. The molecule has 0 unspecified atom stereocenters. The van der Waals surface area contributed by atoms with Crippen molar-refractivity contribution in [3.05, 3.63) is 112 Å². The zero-order chi connectivity index (χ0) is 22.5. The predicted molar refractivity (Wildman–Crippen MR) is 132 cm³/mol. The number of rotatable bonds is 5. The van der Waals surface area contributed by atoms with Gasteiger partial charge in [0.25, 0.3) is 5.91 Å². The van der Waals surface area contributed by atoms with Crippen molar-refractivity contribution >= 4 is 33.6 Å². The smallest absolute Gasteiger partial charge is 0.266 e. The van der Waals surface area contributed by atoms with Crippen LogP contribution in [0.1, 0.15) is 11.3 Å². The quantitative estimate of drug-likeness (QED) is 0.252. The average Bonchev–Trinajstić information content (AvgIpc) is 3.14. The summed E-state index contributed by atoms with van der Waals surface area (Å²) < 4.78 is 2.99. The summed E-state index contributed by atoms with van der Waals surface area (Å²) >= 11 is 3.39. The minimum atomic E-state index is -0.449. The number of anilines is 1. The molecule has 0 aliphatic rings. The van der Waals surface area contributed by atoms with E-state index in [-0.39, 0.29) is 5.57 Å². The van der Waals surface area contributed by atoms with Gasteiger partial charge in [0.15, 0.2) is 0 Å². The molecule has 0 aliphatic carbocycles. The number of para-hydroxylation sites is 1. The van der Waals surface area contributed by atoms with Gasteiger partial charge in [-0.25, -0.2) is 0 Å². The fourth-order valence-electron chi connectivity index (χ4n) is 3.64. The fraction of sp³-hybridized carbons (Fsp3) is 0.0370. The Bertz CT molecular complexity index is 1330. The SMILES string of the molecule is Cc1cc(/C=C(/C#N)C(=O)Nc2cccc(Br)c2)c(-c2ccccc2)n1-c1ccccc1. The molecular formula is C27H20BrN3O. The van der Waals surface area contributed by atoms with E-state index < -0.39 is 5.91 Å². The second kappa shape index (κ2) is 9.51. The molecule has 0 atom stereocenters. The summed E-state index contributed by atoms with van der Waals surface area (Å²) in [6.45, 7) is 2.02. The number of hydrogen-bond acceptors (Lipinski definition) is 2. The number of nitriles is 1. The number of nitrogens with one attached hydrogen (secondary N) is 1. The molecule has 4 rings (SSSR count). The van der Waals surface area contributed by atoms with Gasteiger partial charge in [-0.2, -0.15) is 5.26 Å². The van der Waals surface area contributed by atoms with E-state index in [1.165, 1.54) is 0 Å². The molecule has 0 fully saturated rings. The van der Waals surface area contributed by atoms with Crippen molar-refractivity contribution < 1.29 is 4.79 Å². The van der Waals surface area contributed by atoms with Crippen LogP contribution in [-0.2, 0) is 4.79 Å². The van der Waals surface area contributed by atoms with Crippen LogP contribution in [0.2, 0.25) is 0 Å². The number of halogens is 1. The normalized spacial score (nSPS) is 11.1. The lowest BCUT2D eigenvalue weighted by molar-refractivity contribution is -0.112. The van der Waals surface area contributed by atoms with E-state index >= 15 is 0 Å². The molecular weight excluding hydrogens is 462 g/mol. The van der Waals surface area contributed by atoms with Crippen LogP contribution in [0.3, 0.4) is 0 Å². The van der Waals surface area contributed by atoms with E-state index in [9.17, 15) is 10.1 Å². The molecule has 0 saturated heterocycles. The highest BCUT2D eigenvalue weighted by molar-refractivity contribution is 9.10. The molecule has 32 heavy (non-hydrogen) atoms. The minimum Gasteiger partial charge on any atom is -0.321 e. The fourth-order valence-corrected chi connectivity index (χ4v) is 4.04. The molecule has 5 heteroatoms. The number of carbonyl (C=O) groups excluding carboxylic acids is 1. The summed E-state index contributed by atoms with van der Waals surface area (Å²) in [6, 6.07) is 31.3.